The molecule has 0 aliphatic rings. The Hall–Kier alpha value is -2.55. The molecule has 0 aliphatic carbocycles. The lowest BCUT2D eigenvalue weighted by Gasteiger charge is -2.24. The molecule has 0 spiro atoms. The molecule has 0 heterocycles. The Bertz CT molecular complexity index is 1250. The number of hydrogen-bond acceptors (Lipinski definition) is 7. The van der Waals surface area contributed by atoms with Crippen molar-refractivity contribution in [2.24, 2.45) is 0 Å². The number of quaternary nitrogens is 1. The molecule has 0 saturated heterocycles. The highest BCUT2D eigenvalue weighted by Gasteiger charge is 2.27. The van der Waals surface area contributed by atoms with Crippen molar-refractivity contribution in [2.45, 2.75) is 187 Å². The molecule has 9 nitrogen and oxygen atoms in total. The van der Waals surface area contributed by atoms with Crippen molar-refractivity contribution in [3.05, 3.63) is 72.9 Å². The lowest BCUT2D eigenvalue weighted by atomic mass is 10.1. The summed E-state index contributed by atoms with van der Waals surface area (Å²) >= 11 is 0. The minimum Gasteiger partial charge on any atom is -0.462 e. The molecule has 0 radical (unpaired) electrons. The van der Waals surface area contributed by atoms with Gasteiger partial charge in [-0.15, -0.1) is 0 Å². The van der Waals surface area contributed by atoms with Gasteiger partial charge in [0.15, 0.2) is 6.10 Å². The summed E-state index contributed by atoms with van der Waals surface area (Å²) in [6, 6.07) is 0. The molecule has 0 aromatic rings. The van der Waals surface area contributed by atoms with E-state index in [2.05, 4.69) is 86.8 Å². The fraction of sp³-hybridized carbons (Fsp3) is 0.720. The van der Waals surface area contributed by atoms with Crippen molar-refractivity contribution in [2.75, 3.05) is 47.5 Å². The second kappa shape index (κ2) is 41.8. The molecule has 10 heteroatoms. The second-order valence-corrected chi connectivity index (χ2v) is 18.2. The molecule has 0 aromatic carbocycles. The zero-order chi connectivity index (χ0) is 44.3. The molecule has 2 unspecified atom stereocenters. The Kier molecular flexibility index (Phi) is 40.0. The van der Waals surface area contributed by atoms with Crippen LogP contribution in [0.5, 0.6) is 0 Å². The number of ether oxygens (including phenoxy) is 2. The van der Waals surface area contributed by atoms with E-state index in [0.717, 1.165) is 103 Å². The summed E-state index contributed by atoms with van der Waals surface area (Å²) in [7, 11) is 1.45. The number of hydrogen-bond donors (Lipinski definition) is 1. The monoisotopic (exact) mass is 863 g/mol. The predicted octanol–water partition coefficient (Wildman–Crippen LogP) is 13.8. The summed E-state index contributed by atoms with van der Waals surface area (Å²) in [4.78, 5) is 35.5. The molecule has 60 heavy (non-hydrogen) atoms. The lowest BCUT2D eigenvalue weighted by molar-refractivity contribution is -0.870. The summed E-state index contributed by atoms with van der Waals surface area (Å²) in [5.74, 6) is -0.829. The number of phosphoric acid groups is 1. The highest BCUT2D eigenvalue weighted by Crippen LogP contribution is 2.43. The van der Waals surface area contributed by atoms with Crippen LogP contribution in [0.1, 0.15) is 181 Å². The number of carbonyl (C=O) groups is 2. The molecule has 0 aromatic heterocycles. The van der Waals surface area contributed by atoms with E-state index in [1.807, 2.05) is 21.1 Å². The molecule has 0 saturated carbocycles. The number of carbonyl (C=O) groups excluding carboxylic acids is 2. The largest absolute Gasteiger partial charge is 0.472 e. The summed E-state index contributed by atoms with van der Waals surface area (Å²) in [6.07, 6.45) is 52.3. The van der Waals surface area contributed by atoms with Gasteiger partial charge in [-0.05, 0) is 83.5 Å². The van der Waals surface area contributed by atoms with Crippen molar-refractivity contribution >= 4 is 19.8 Å². The second-order valence-electron chi connectivity index (χ2n) is 16.8. The Morgan fingerprint density at radius 3 is 1.42 bits per heavy atom. The maximum Gasteiger partial charge on any atom is 0.472 e. The summed E-state index contributed by atoms with van der Waals surface area (Å²) in [5.41, 5.74) is 0. The Balaban J connectivity index is 4.37. The van der Waals surface area contributed by atoms with Gasteiger partial charge in [-0.2, -0.15) is 0 Å². The van der Waals surface area contributed by atoms with E-state index in [-0.39, 0.29) is 32.0 Å². The first-order valence-electron chi connectivity index (χ1n) is 23.7. The highest BCUT2D eigenvalue weighted by atomic mass is 31.2. The van der Waals surface area contributed by atoms with Crippen LogP contribution in [0.2, 0.25) is 0 Å². The summed E-state index contributed by atoms with van der Waals surface area (Å²) < 4.78 is 34.4. The predicted molar refractivity (Wildman–Crippen MR) is 252 cm³/mol. The number of likely N-dealkylation sites (N-methyl/N-ethyl adjacent to an activating group) is 1. The third kappa shape index (κ3) is 45.0. The Morgan fingerprint density at radius 1 is 0.533 bits per heavy atom. The third-order valence-electron chi connectivity index (χ3n) is 9.72. The van der Waals surface area contributed by atoms with Crippen LogP contribution in [-0.2, 0) is 32.7 Å². The van der Waals surface area contributed by atoms with Gasteiger partial charge >= 0.3 is 19.8 Å². The first-order chi connectivity index (χ1) is 29.0. The van der Waals surface area contributed by atoms with E-state index in [9.17, 15) is 19.0 Å². The molecule has 0 amide bonds. The topological polar surface area (TPSA) is 108 Å². The lowest BCUT2D eigenvalue weighted by Crippen LogP contribution is -2.37. The Labute approximate surface area is 368 Å². The van der Waals surface area contributed by atoms with Crippen LogP contribution in [0.15, 0.2) is 72.9 Å². The molecule has 0 aliphatic heterocycles. The van der Waals surface area contributed by atoms with Crippen LogP contribution in [0.3, 0.4) is 0 Å². The van der Waals surface area contributed by atoms with Gasteiger partial charge in [-0.1, -0.05) is 157 Å². The molecule has 1 N–H and O–H groups in total. The van der Waals surface area contributed by atoms with Crippen molar-refractivity contribution in [1.29, 1.82) is 0 Å². The molecule has 0 bridgehead atoms. The van der Waals surface area contributed by atoms with Crippen LogP contribution in [0, 0.1) is 0 Å². The quantitative estimate of drug-likeness (QED) is 0.0212. The van der Waals surface area contributed by atoms with Gasteiger partial charge in [0.2, 0.25) is 0 Å². The van der Waals surface area contributed by atoms with Crippen molar-refractivity contribution in [1.82, 2.24) is 0 Å². The number of phosphoric ester groups is 1. The number of rotatable bonds is 42. The SMILES string of the molecule is CC/C=C\C/C=C\C/C=C\CCCCCCCCCC(=O)OCC(COP(=O)(O)OCC[N+](C)(C)C)OC(=O)CCCCCCCC/C=C\C/C=C\C/C=C\CCCCC. The normalized spacial score (nSPS) is 14.2. The van der Waals surface area contributed by atoms with E-state index in [4.69, 9.17) is 18.5 Å². The van der Waals surface area contributed by atoms with Gasteiger partial charge in [-0.3, -0.25) is 18.6 Å². The van der Waals surface area contributed by atoms with Gasteiger partial charge in [0.1, 0.15) is 19.8 Å². The van der Waals surface area contributed by atoms with E-state index in [0.29, 0.717) is 17.4 Å². The fourth-order valence-corrected chi connectivity index (χ4v) is 6.78. The minimum atomic E-state index is -4.39. The maximum absolute atomic E-state index is 12.7. The van der Waals surface area contributed by atoms with Gasteiger partial charge in [0, 0.05) is 12.8 Å². The third-order valence-corrected chi connectivity index (χ3v) is 10.7. The molecule has 346 valence electrons. The summed E-state index contributed by atoms with van der Waals surface area (Å²) in [5, 5.41) is 0. The van der Waals surface area contributed by atoms with Crippen LogP contribution in [0.25, 0.3) is 0 Å². The highest BCUT2D eigenvalue weighted by molar-refractivity contribution is 7.47. The van der Waals surface area contributed by atoms with Crippen LogP contribution < -0.4 is 0 Å². The van der Waals surface area contributed by atoms with E-state index < -0.39 is 26.5 Å². The smallest absolute Gasteiger partial charge is 0.462 e. The van der Waals surface area contributed by atoms with E-state index in [1.54, 1.807) is 0 Å². The Morgan fingerprint density at radius 2 is 0.950 bits per heavy atom. The van der Waals surface area contributed by atoms with Gasteiger partial charge in [0.05, 0.1) is 27.7 Å². The average molecular weight is 863 g/mol. The molecular weight excluding hydrogens is 774 g/mol. The van der Waals surface area contributed by atoms with Crippen LogP contribution >= 0.6 is 7.82 Å². The minimum absolute atomic E-state index is 0.0236. The summed E-state index contributed by atoms with van der Waals surface area (Å²) in [6.45, 7) is 4.25. The number of nitrogens with zero attached hydrogens (tertiary/aromatic N) is 1. The van der Waals surface area contributed by atoms with E-state index >= 15 is 0 Å². The number of unbranched alkanes of at least 4 members (excludes halogenated alkanes) is 16. The zero-order valence-electron chi connectivity index (χ0n) is 38.9. The van der Waals surface area contributed by atoms with Crippen molar-refractivity contribution in [3.8, 4) is 0 Å². The maximum atomic E-state index is 12.7. The van der Waals surface area contributed by atoms with Crippen LogP contribution in [-0.4, -0.2) is 74.9 Å². The van der Waals surface area contributed by atoms with E-state index in [1.165, 1.54) is 44.9 Å². The van der Waals surface area contributed by atoms with Gasteiger partial charge in [-0.25, -0.2) is 4.57 Å². The molecule has 0 rings (SSSR count). The molecule has 0 fully saturated rings. The van der Waals surface area contributed by atoms with Crippen molar-refractivity contribution < 1.29 is 42.1 Å². The average Bonchev–Trinajstić information content (AvgIpc) is 3.20. The molecule has 2 atom stereocenters. The first kappa shape index (κ1) is 57.4. The number of esters is 2. The van der Waals surface area contributed by atoms with Gasteiger partial charge in [0.25, 0.3) is 0 Å². The first-order valence-corrected chi connectivity index (χ1v) is 25.2. The van der Waals surface area contributed by atoms with Gasteiger partial charge < -0.3 is 18.9 Å². The van der Waals surface area contributed by atoms with Crippen LogP contribution in [0.4, 0.5) is 0 Å². The van der Waals surface area contributed by atoms with Crippen molar-refractivity contribution in [3.63, 3.8) is 0 Å². The fourth-order valence-electron chi connectivity index (χ4n) is 6.03. The molecular formula is C50H89NO8P+. The number of allylic oxidation sites excluding steroid dienone is 12. The standard InChI is InChI=1S/C50H88NO8P/c1-6-8-10-12-14-16-18-20-22-24-25-27-29-31-33-35-37-39-41-43-50(53)59-48(47-58-60(54,55)57-45-44-51(3,4)5)46-56-49(52)42-40-38-36-34-32-30-28-26-23-21-19-17-15-13-11-9-7-2/h9,11,14-17,20-23,25,27,48H,6-8,10,12-13,18-19,24,26,28-47H2,1-5H3/p+1/b11-9-,16-14-,17-15-,22-20-,23-21-,27-25-. The zero-order valence-corrected chi connectivity index (χ0v) is 39.8.